The van der Waals surface area contributed by atoms with Crippen molar-refractivity contribution in [3.05, 3.63) is 16.7 Å². The number of sulfone groups is 1. The second-order valence-corrected chi connectivity index (χ2v) is 13.0. The van der Waals surface area contributed by atoms with Crippen LogP contribution in [0, 0.1) is 5.82 Å². The Morgan fingerprint density at radius 2 is 1.86 bits per heavy atom. The average molecular weight is 542 g/mol. The molecular weight excluding hydrogens is 509 g/mol. The van der Waals surface area contributed by atoms with Crippen molar-refractivity contribution >= 4 is 44.3 Å². The van der Waals surface area contributed by atoms with Crippen molar-refractivity contribution in [3.63, 3.8) is 0 Å². The molecular formula is C24H33ClFN5O4S. The van der Waals surface area contributed by atoms with E-state index in [1.807, 2.05) is 39.5 Å². The van der Waals surface area contributed by atoms with E-state index in [2.05, 4.69) is 15.0 Å². The van der Waals surface area contributed by atoms with Gasteiger partial charge < -0.3 is 14.5 Å². The van der Waals surface area contributed by atoms with Gasteiger partial charge in [-0.2, -0.15) is 0 Å². The Bertz CT molecular complexity index is 1300. The molecule has 36 heavy (non-hydrogen) atoms. The molecule has 0 aromatic carbocycles. The first-order chi connectivity index (χ1) is 16.8. The van der Waals surface area contributed by atoms with E-state index >= 15 is 4.39 Å². The fourth-order valence-corrected chi connectivity index (χ4v) is 6.03. The van der Waals surface area contributed by atoms with Crippen LogP contribution in [0.15, 0.2) is 5.16 Å². The van der Waals surface area contributed by atoms with Gasteiger partial charge in [0.1, 0.15) is 16.9 Å². The zero-order valence-electron chi connectivity index (χ0n) is 21.5. The molecule has 0 saturated carbocycles. The number of carbonyl (C=O) groups excluding carboxylic acids is 1. The summed E-state index contributed by atoms with van der Waals surface area (Å²) in [5, 5.41) is -0.397. The van der Waals surface area contributed by atoms with E-state index in [9.17, 15) is 13.2 Å². The van der Waals surface area contributed by atoms with Gasteiger partial charge in [-0.1, -0.05) is 32.4 Å². The minimum atomic E-state index is -3.84. The summed E-state index contributed by atoms with van der Waals surface area (Å²) < 4.78 is 46.6. The number of hydrogen-bond donors (Lipinski definition) is 0. The van der Waals surface area contributed by atoms with Crippen LogP contribution in [0.4, 0.5) is 15.0 Å². The molecule has 1 amide bonds. The van der Waals surface area contributed by atoms with Crippen LogP contribution in [-0.2, 0) is 14.6 Å². The van der Waals surface area contributed by atoms with Gasteiger partial charge in [-0.15, -0.1) is 0 Å². The number of halogens is 2. The summed E-state index contributed by atoms with van der Waals surface area (Å²) in [6.45, 7) is 11.7. The average Bonchev–Trinajstić information content (AvgIpc) is 2.81. The summed E-state index contributed by atoms with van der Waals surface area (Å²) in [5.41, 5.74) is -0.226. The molecule has 0 unspecified atom stereocenters. The smallest absolute Gasteiger partial charge is 0.410 e. The highest BCUT2D eigenvalue weighted by molar-refractivity contribution is 7.91. The number of nitrogens with zero attached hydrogens (tertiary/aromatic N) is 5. The van der Waals surface area contributed by atoms with Crippen LogP contribution in [-0.4, -0.2) is 70.9 Å². The minimum absolute atomic E-state index is 0.113. The highest BCUT2D eigenvalue weighted by Crippen LogP contribution is 2.42. The van der Waals surface area contributed by atoms with Gasteiger partial charge in [0.25, 0.3) is 0 Å². The van der Waals surface area contributed by atoms with Gasteiger partial charge in [0.15, 0.2) is 11.0 Å². The zero-order chi connectivity index (χ0) is 26.6. The van der Waals surface area contributed by atoms with Crippen LogP contribution in [0.1, 0.15) is 72.4 Å². The number of rotatable bonds is 3. The van der Waals surface area contributed by atoms with E-state index in [1.54, 1.807) is 4.90 Å². The maximum atomic E-state index is 15.3. The Balaban J connectivity index is 1.93. The van der Waals surface area contributed by atoms with Gasteiger partial charge in [0, 0.05) is 13.1 Å². The van der Waals surface area contributed by atoms with E-state index in [0.29, 0.717) is 49.2 Å². The first kappa shape index (κ1) is 26.8. The molecule has 9 nitrogen and oxygen atoms in total. The number of fused-ring (bicyclic) bond motifs is 2. The van der Waals surface area contributed by atoms with E-state index in [0.717, 1.165) is 0 Å². The second-order valence-electron chi connectivity index (χ2n) is 10.4. The van der Waals surface area contributed by atoms with Crippen molar-refractivity contribution in [1.82, 2.24) is 19.9 Å². The molecule has 2 aromatic rings. The molecule has 1 saturated heterocycles. The fourth-order valence-electron chi connectivity index (χ4n) is 5.14. The lowest BCUT2D eigenvalue weighted by atomic mass is 9.87. The lowest BCUT2D eigenvalue weighted by molar-refractivity contribution is 0.00771. The van der Waals surface area contributed by atoms with Crippen molar-refractivity contribution in [2.45, 2.75) is 89.6 Å². The Morgan fingerprint density at radius 3 is 2.47 bits per heavy atom. The van der Waals surface area contributed by atoms with Crippen molar-refractivity contribution in [3.8, 4) is 0 Å². The van der Waals surface area contributed by atoms with Crippen molar-refractivity contribution in [2.75, 3.05) is 23.7 Å². The zero-order valence-corrected chi connectivity index (χ0v) is 23.1. The lowest BCUT2D eigenvalue weighted by Crippen LogP contribution is -2.62. The number of carbonyl (C=O) groups is 1. The van der Waals surface area contributed by atoms with Crippen LogP contribution >= 0.6 is 11.6 Å². The van der Waals surface area contributed by atoms with Crippen molar-refractivity contribution in [2.24, 2.45) is 0 Å². The SMILES string of the molecule is CC[C@H]1[C@@H]2CC[C@@H](C)c3nc(Cl)c(F)c4nc(S(=O)(=O)CC)nc(c34)N2CCN1C(=O)OC(C)(C)C. The lowest BCUT2D eigenvalue weighted by Gasteiger charge is -2.49. The molecule has 2 aliphatic heterocycles. The van der Waals surface area contributed by atoms with Crippen LogP contribution in [0.5, 0.6) is 0 Å². The Kier molecular flexibility index (Phi) is 7.11. The number of ether oxygens (including phenoxy) is 1. The number of anilines is 1. The standard InChI is InChI=1S/C24H33ClFN5O4S/c1-7-14-15-10-9-13(3)18-16-19(17(26)20(25)27-18)28-22(36(33,34)8-2)29-21(16)30(15)11-12-31(14)23(32)35-24(4,5)6/h13-15H,7-12H2,1-6H3/t13-,14+,15+/m1/s1. The largest absolute Gasteiger partial charge is 0.444 e. The van der Waals surface area contributed by atoms with Crippen LogP contribution in [0.25, 0.3) is 10.9 Å². The summed E-state index contributed by atoms with van der Waals surface area (Å²) in [7, 11) is -3.84. The van der Waals surface area contributed by atoms with Gasteiger partial charge in [-0.05, 0) is 46.0 Å². The van der Waals surface area contributed by atoms with Crippen molar-refractivity contribution < 1.29 is 22.3 Å². The fraction of sp³-hybridized carbons (Fsp3) is 0.667. The third-order valence-corrected chi connectivity index (χ3v) is 8.65. The first-order valence-corrected chi connectivity index (χ1v) is 14.4. The third kappa shape index (κ3) is 4.71. The highest BCUT2D eigenvalue weighted by atomic mass is 35.5. The maximum absolute atomic E-state index is 15.3. The predicted octanol–water partition coefficient (Wildman–Crippen LogP) is 4.71. The summed E-state index contributed by atoms with van der Waals surface area (Å²) in [6, 6.07) is -0.385. The van der Waals surface area contributed by atoms with E-state index in [-0.39, 0.29) is 40.5 Å². The number of aromatic nitrogens is 3. The molecule has 0 bridgehead atoms. The Morgan fingerprint density at radius 1 is 1.17 bits per heavy atom. The predicted molar refractivity (Wildman–Crippen MR) is 136 cm³/mol. The Labute approximate surface area is 216 Å². The molecule has 2 aliphatic rings. The first-order valence-electron chi connectivity index (χ1n) is 12.3. The number of hydrogen-bond acceptors (Lipinski definition) is 8. The van der Waals surface area contributed by atoms with Crippen molar-refractivity contribution in [1.29, 1.82) is 0 Å². The molecule has 198 valence electrons. The Hall–Kier alpha value is -2.27. The van der Waals surface area contributed by atoms with E-state index in [1.165, 1.54) is 6.92 Å². The number of piperazine rings is 1. The molecule has 0 N–H and O–H groups in total. The molecule has 2 aromatic heterocycles. The quantitative estimate of drug-likeness (QED) is 0.406. The van der Waals surface area contributed by atoms with Gasteiger partial charge in [0.05, 0.1) is 28.9 Å². The minimum Gasteiger partial charge on any atom is -0.444 e. The van der Waals surface area contributed by atoms with Crippen LogP contribution in [0.3, 0.4) is 0 Å². The third-order valence-electron chi connectivity index (χ3n) is 6.90. The normalized spacial score (nSPS) is 22.7. The summed E-state index contributed by atoms with van der Waals surface area (Å²) in [6.07, 6.45) is 1.67. The van der Waals surface area contributed by atoms with Gasteiger partial charge in [-0.3, -0.25) is 0 Å². The summed E-state index contributed by atoms with van der Waals surface area (Å²) >= 11 is 6.13. The molecule has 0 radical (unpaired) electrons. The van der Waals surface area contributed by atoms with Crippen LogP contribution in [0.2, 0.25) is 5.15 Å². The number of pyridine rings is 1. The molecule has 12 heteroatoms. The van der Waals surface area contributed by atoms with Gasteiger partial charge >= 0.3 is 6.09 Å². The number of amides is 1. The van der Waals surface area contributed by atoms with E-state index < -0.39 is 26.4 Å². The summed E-state index contributed by atoms with van der Waals surface area (Å²) in [5.74, 6) is -0.882. The van der Waals surface area contributed by atoms with Gasteiger partial charge in [0.2, 0.25) is 15.0 Å². The maximum Gasteiger partial charge on any atom is 0.410 e. The second kappa shape index (κ2) is 9.55. The van der Waals surface area contributed by atoms with E-state index in [4.69, 9.17) is 16.3 Å². The molecule has 4 rings (SSSR count). The molecule has 3 atom stereocenters. The van der Waals surface area contributed by atoms with Gasteiger partial charge in [-0.25, -0.2) is 32.6 Å². The molecule has 0 aliphatic carbocycles. The van der Waals surface area contributed by atoms with Crippen LogP contribution < -0.4 is 4.90 Å². The highest BCUT2D eigenvalue weighted by Gasteiger charge is 2.42. The molecule has 0 spiro atoms. The topological polar surface area (TPSA) is 106 Å². The molecule has 1 fully saturated rings. The monoisotopic (exact) mass is 541 g/mol. The summed E-state index contributed by atoms with van der Waals surface area (Å²) in [4.78, 5) is 29.8. The molecule has 4 heterocycles.